The van der Waals surface area contributed by atoms with Gasteiger partial charge in [0.05, 0.1) is 32.0 Å². The van der Waals surface area contributed by atoms with E-state index in [-0.39, 0.29) is 17.9 Å². The fourth-order valence-corrected chi connectivity index (χ4v) is 4.03. The van der Waals surface area contributed by atoms with E-state index in [0.29, 0.717) is 39.6 Å². The van der Waals surface area contributed by atoms with Crippen LogP contribution in [-0.4, -0.2) is 34.1 Å². The molecule has 0 N–H and O–H groups in total. The summed E-state index contributed by atoms with van der Waals surface area (Å²) in [7, 11) is 2.87. The summed E-state index contributed by atoms with van der Waals surface area (Å²) in [4.78, 5) is 30.7. The van der Waals surface area contributed by atoms with E-state index in [1.165, 1.54) is 17.6 Å². The Kier molecular flexibility index (Phi) is 6.00. The average molecular weight is 464 g/mol. The smallest absolute Gasteiger partial charge is 0.317 e. The van der Waals surface area contributed by atoms with Gasteiger partial charge >= 0.3 is 5.97 Å². The summed E-state index contributed by atoms with van der Waals surface area (Å²) in [5.74, 6) is 0.0803. The Morgan fingerprint density at radius 3 is 2.53 bits per heavy atom. The molecule has 0 atom stereocenters. The van der Waals surface area contributed by atoms with Gasteiger partial charge in [-0.3, -0.25) is 14.0 Å². The summed E-state index contributed by atoms with van der Waals surface area (Å²) in [6.45, 7) is 5.31. The van der Waals surface area contributed by atoms with E-state index in [1.807, 2.05) is 6.07 Å². The summed E-state index contributed by atoms with van der Waals surface area (Å²) >= 11 is 0. The Hall–Kier alpha value is -3.94. The first-order valence-corrected chi connectivity index (χ1v) is 10.8. The van der Waals surface area contributed by atoms with Gasteiger partial charge in [-0.2, -0.15) is 0 Å². The van der Waals surface area contributed by atoms with Gasteiger partial charge < -0.3 is 14.0 Å². The van der Waals surface area contributed by atoms with Gasteiger partial charge in [-0.15, -0.1) is 0 Å². The molecular formula is C26H26FN3O4. The number of benzene rings is 2. The van der Waals surface area contributed by atoms with Crippen LogP contribution in [0.5, 0.6) is 5.75 Å². The van der Waals surface area contributed by atoms with E-state index in [2.05, 4.69) is 4.98 Å². The van der Waals surface area contributed by atoms with Crippen LogP contribution in [0, 0.1) is 12.7 Å². The molecule has 0 unspecified atom stereocenters. The molecule has 0 amide bonds. The number of hydrogen-bond donors (Lipinski definition) is 0. The number of esters is 1. The number of ether oxygens (including phenoxy) is 2. The molecule has 4 rings (SSSR count). The monoisotopic (exact) mass is 463 g/mol. The van der Waals surface area contributed by atoms with Crippen molar-refractivity contribution in [2.75, 3.05) is 14.2 Å². The Bertz CT molecular complexity index is 1450. The standard InChI is InChI=1S/C26H26FN3O4/c1-16-22(17-10-8-11-19(13-17)33-4)23(31)30-15-21(26(2,3)24(32)34-5)28-25(30)29(16)14-18-9-6-7-12-20(18)27/h6-13,15H,14H2,1-5H3. The summed E-state index contributed by atoms with van der Waals surface area (Å²) < 4.78 is 28.1. The zero-order valence-corrected chi connectivity index (χ0v) is 19.8. The SMILES string of the molecule is COC(=O)C(C)(C)c1cn2c(=O)c(-c3cccc(OC)c3)c(C)n(Cc3ccccc3F)c2n1. The van der Waals surface area contributed by atoms with Gasteiger partial charge in [-0.25, -0.2) is 9.37 Å². The van der Waals surface area contributed by atoms with Crippen molar-refractivity contribution < 1.29 is 18.7 Å². The lowest BCUT2D eigenvalue weighted by molar-refractivity contribution is -0.146. The van der Waals surface area contributed by atoms with Gasteiger partial charge in [0.1, 0.15) is 17.0 Å². The van der Waals surface area contributed by atoms with E-state index in [9.17, 15) is 14.0 Å². The minimum Gasteiger partial charge on any atom is -0.497 e. The lowest BCUT2D eigenvalue weighted by Crippen LogP contribution is -2.30. The number of carbonyl (C=O) groups is 1. The number of fused-ring (bicyclic) bond motifs is 1. The molecule has 0 aliphatic rings. The fourth-order valence-electron chi connectivity index (χ4n) is 4.03. The first kappa shape index (κ1) is 23.2. The van der Waals surface area contributed by atoms with E-state index in [1.54, 1.807) is 75.0 Å². The highest BCUT2D eigenvalue weighted by Crippen LogP contribution is 2.28. The largest absolute Gasteiger partial charge is 0.497 e. The molecule has 0 saturated carbocycles. The van der Waals surface area contributed by atoms with Gasteiger partial charge in [0.2, 0.25) is 5.78 Å². The van der Waals surface area contributed by atoms with Crippen LogP contribution < -0.4 is 10.3 Å². The maximum Gasteiger partial charge on any atom is 0.317 e. The number of aromatic nitrogens is 3. The predicted molar refractivity (Wildman–Crippen MR) is 127 cm³/mol. The number of rotatable bonds is 6. The second-order valence-corrected chi connectivity index (χ2v) is 8.59. The molecule has 34 heavy (non-hydrogen) atoms. The second kappa shape index (κ2) is 8.78. The number of imidazole rings is 1. The minimum atomic E-state index is -1.09. The number of halogens is 1. The van der Waals surface area contributed by atoms with Gasteiger partial charge in [-0.1, -0.05) is 30.3 Å². The van der Waals surface area contributed by atoms with Crippen molar-refractivity contribution in [2.45, 2.75) is 32.7 Å². The molecule has 8 heteroatoms. The third kappa shape index (κ3) is 3.85. The Morgan fingerprint density at radius 1 is 1.12 bits per heavy atom. The molecule has 2 aromatic carbocycles. The number of methoxy groups -OCH3 is 2. The van der Waals surface area contributed by atoms with Crippen molar-refractivity contribution in [3.05, 3.63) is 87.9 Å². The molecule has 7 nitrogen and oxygen atoms in total. The molecule has 0 saturated heterocycles. The normalized spacial score (nSPS) is 11.6. The van der Waals surface area contributed by atoms with E-state index in [0.717, 1.165) is 0 Å². The summed E-state index contributed by atoms with van der Waals surface area (Å²) in [6.07, 6.45) is 1.55. The molecule has 4 aromatic rings. The summed E-state index contributed by atoms with van der Waals surface area (Å²) in [5.41, 5.74) is 1.14. The van der Waals surface area contributed by atoms with E-state index >= 15 is 0 Å². The van der Waals surface area contributed by atoms with Gasteiger partial charge in [-0.05, 0) is 44.5 Å². The highest BCUT2D eigenvalue weighted by atomic mass is 19.1. The Morgan fingerprint density at radius 2 is 1.85 bits per heavy atom. The second-order valence-electron chi connectivity index (χ2n) is 8.59. The summed E-state index contributed by atoms with van der Waals surface area (Å²) in [6, 6.07) is 13.7. The quantitative estimate of drug-likeness (QED) is 0.402. The van der Waals surface area contributed by atoms with Crippen LogP contribution in [0.2, 0.25) is 0 Å². The minimum absolute atomic E-state index is 0.147. The highest BCUT2D eigenvalue weighted by molar-refractivity contribution is 5.81. The third-order valence-electron chi connectivity index (χ3n) is 6.11. The molecule has 2 heterocycles. The van der Waals surface area contributed by atoms with Crippen LogP contribution in [0.4, 0.5) is 4.39 Å². The van der Waals surface area contributed by atoms with Crippen LogP contribution in [-0.2, 0) is 21.5 Å². The maximum absolute atomic E-state index is 14.6. The lowest BCUT2D eigenvalue weighted by atomic mass is 9.90. The molecule has 0 radical (unpaired) electrons. The van der Waals surface area contributed by atoms with Crippen LogP contribution in [0.3, 0.4) is 0 Å². The molecule has 0 aliphatic heterocycles. The fraction of sp³-hybridized carbons (Fsp3) is 0.269. The first-order chi connectivity index (χ1) is 16.2. The van der Waals surface area contributed by atoms with E-state index in [4.69, 9.17) is 9.47 Å². The first-order valence-electron chi connectivity index (χ1n) is 10.8. The predicted octanol–water partition coefficient (Wildman–Crippen LogP) is 4.12. The average Bonchev–Trinajstić information content (AvgIpc) is 3.29. The molecule has 0 aliphatic carbocycles. The van der Waals surface area contributed by atoms with Gasteiger partial charge in [0, 0.05) is 17.5 Å². The zero-order chi connectivity index (χ0) is 24.6. The van der Waals surface area contributed by atoms with Crippen molar-refractivity contribution in [3.63, 3.8) is 0 Å². The highest BCUT2D eigenvalue weighted by Gasteiger charge is 2.34. The molecule has 176 valence electrons. The number of carbonyl (C=O) groups excluding carboxylic acids is 1. The molecular weight excluding hydrogens is 437 g/mol. The van der Waals surface area contributed by atoms with Crippen LogP contribution >= 0.6 is 0 Å². The van der Waals surface area contributed by atoms with Gasteiger partial charge in [0.15, 0.2) is 0 Å². The van der Waals surface area contributed by atoms with Crippen molar-refractivity contribution in [2.24, 2.45) is 0 Å². The lowest BCUT2D eigenvalue weighted by Gasteiger charge is -2.18. The van der Waals surface area contributed by atoms with Gasteiger partial charge in [0.25, 0.3) is 5.56 Å². The van der Waals surface area contributed by atoms with E-state index < -0.39 is 11.4 Å². The van der Waals surface area contributed by atoms with Crippen LogP contribution in [0.15, 0.2) is 59.5 Å². The topological polar surface area (TPSA) is 74.8 Å². The van der Waals surface area contributed by atoms with Crippen molar-refractivity contribution >= 4 is 11.7 Å². The third-order valence-corrected chi connectivity index (χ3v) is 6.11. The Balaban J connectivity index is 2.04. The van der Waals surface area contributed by atoms with Crippen molar-refractivity contribution in [1.82, 2.24) is 14.0 Å². The molecule has 0 bridgehead atoms. The molecule has 0 fully saturated rings. The molecule has 0 spiro atoms. The Labute approximate surface area is 196 Å². The number of hydrogen-bond acceptors (Lipinski definition) is 5. The maximum atomic E-state index is 14.6. The zero-order valence-electron chi connectivity index (χ0n) is 19.8. The summed E-state index contributed by atoms with van der Waals surface area (Å²) in [5, 5.41) is 0. The molecule has 2 aromatic heterocycles. The van der Waals surface area contributed by atoms with Crippen LogP contribution in [0.25, 0.3) is 16.9 Å². The van der Waals surface area contributed by atoms with Crippen molar-refractivity contribution in [3.8, 4) is 16.9 Å². The number of nitrogens with zero attached hydrogens (tertiary/aromatic N) is 3. The van der Waals surface area contributed by atoms with Crippen molar-refractivity contribution in [1.29, 1.82) is 0 Å². The van der Waals surface area contributed by atoms with Crippen LogP contribution in [0.1, 0.15) is 30.8 Å².